The number of carbonyl (C=O) groups is 3. The van der Waals surface area contributed by atoms with Crippen LogP contribution in [0.5, 0.6) is 5.75 Å². The van der Waals surface area contributed by atoms with Crippen molar-refractivity contribution in [3.63, 3.8) is 0 Å². The third-order valence-electron chi connectivity index (χ3n) is 6.40. The highest BCUT2D eigenvalue weighted by atomic mass is 19.1. The number of aryl methyl sites for hydroxylation is 1. The van der Waals surface area contributed by atoms with Crippen molar-refractivity contribution >= 4 is 29.1 Å². The number of methoxy groups -OCH3 is 1. The highest BCUT2D eigenvalue weighted by Crippen LogP contribution is 2.32. The quantitative estimate of drug-likeness (QED) is 0.581. The van der Waals surface area contributed by atoms with Gasteiger partial charge in [-0.1, -0.05) is 0 Å². The summed E-state index contributed by atoms with van der Waals surface area (Å²) >= 11 is 0. The summed E-state index contributed by atoms with van der Waals surface area (Å²) < 4.78 is 25.9. The van der Waals surface area contributed by atoms with Crippen molar-refractivity contribution in [3.05, 3.63) is 64.7 Å². The number of amides is 3. The minimum Gasteiger partial charge on any atom is -0.494 e. The molecular formula is C25H24FN5O5. The van der Waals surface area contributed by atoms with Crippen molar-refractivity contribution in [2.24, 2.45) is 5.73 Å². The number of morpholine rings is 1. The number of hydrogen-bond donors (Lipinski definition) is 1. The number of carbonyl (C=O) groups excluding carboxylic acids is 3. The number of anilines is 2. The van der Waals surface area contributed by atoms with E-state index in [2.05, 4.69) is 5.10 Å². The van der Waals surface area contributed by atoms with Crippen LogP contribution in [0.1, 0.15) is 32.1 Å². The van der Waals surface area contributed by atoms with Crippen LogP contribution in [0.4, 0.5) is 15.8 Å². The molecule has 36 heavy (non-hydrogen) atoms. The van der Waals surface area contributed by atoms with Gasteiger partial charge in [0.25, 0.3) is 17.7 Å². The molecule has 0 unspecified atom stereocenters. The monoisotopic (exact) mass is 493 g/mol. The van der Waals surface area contributed by atoms with Gasteiger partial charge in [-0.15, -0.1) is 0 Å². The summed E-state index contributed by atoms with van der Waals surface area (Å²) in [6.07, 6.45) is 0.334. The van der Waals surface area contributed by atoms with E-state index in [1.807, 2.05) is 19.1 Å². The van der Waals surface area contributed by atoms with Gasteiger partial charge in [0.15, 0.2) is 17.3 Å². The third-order valence-corrected chi connectivity index (χ3v) is 6.40. The Kier molecular flexibility index (Phi) is 5.92. The van der Waals surface area contributed by atoms with Gasteiger partial charge in [-0.25, -0.2) is 9.07 Å². The number of nitrogens with two attached hydrogens (primary N) is 1. The van der Waals surface area contributed by atoms with E-state index in [4.69, 9.17) is 15.2 Å². The Hall–Kier alpha value is -4.25. The molecule has 1 fully saturated rings. The van der Waals surface area contributed by atoms with Crippen LogP contribution in [0.2, 0.25) is 0 Å². The molecule has 0 bridgehead atoms. The fourth-order valence-electron chi connectivity index (χ4n) is 4.66. The van der Waals surface area contributed by atoms with Crippen LogP contribution >= 0.6 is 0 Å². The van der Waals surface area contributed by atoms with Crippen molar-refractivity contribution in [2.75, 3.05) is 43.2 Å². The molecule has 0 atom stereocenters. The first-order valence-electron chi connectivity index (χ1n) is 11.4. The van der Waals surface area contributed by atoms with Crippen LogP contribution in [-0.4, -0.2) is 60.9 Å². The Bertz CT molecular complexity index is 1400. The standard InChI is InChI=1S/C25H24FN5O5/c1-14-11-15(3-5-19(14)30-9-10-36-13-21(30)32)29-8-7-17-22(24(27)33)28-31(23(17)25(29)34)16-4-6-20(35-2)18(26)12-16/h3-6,11-12H,7-10,13H2,1-2H3,(H2,27,33). The zero-order chi connectivity index (χ0) is 25.6. The van der Waals surface area contributed by atoms with Crippen molar-refractivity contribution in [1.82, 2.24) is 9.78 Å². The summed E-state index contributed by atoms with van der Waals surface area (Å²) in [5, 5.41) is 4.27. The normalized spacial score (nSPS) is 15.8. The fourth-order valence-corrected chi connectivity index (χ4v) is 4.66. The van der Waals surface area contributed by atoms with E-state index in [-0.39, 0.29) is 35.3 Å². The van der Waals surface area contributed by atoms with Crippen molar-refractivity contribution in [3.8, 4) is 11.4 Å². The smallest absolute Gasteiger partial charge is 0.277 e. The fraction of sp³-hybridized carbons (Fsp3) is 0.280. The molecule has 3 aromatic rings. The SMILES string of the molecule is COc1ccc(-n2nc(C(N)=O)c3c2C(=O)N(c2ccc(N4CCOCC4=O)c(C)c2)CC3)cc1F. The molecular weight excluding hydrogens is 469 g/mol. The zero-order valence-electron chi connectivity index (χ0n) is 19.8. The average Bonchev–Trinajstić information content (AvgIpc) is 3.26. The van der Waals surface area contributed by atoms with E-state index >= 15 is 0 Å². The number of aromatic nitrogens is 2. The molecule has 2 aromatic carbocycles. The summed E-state index contributed by atoms with van der Waals surface area (Å²) in [7, 11) is 1.35. The van der Waals surface area contributed by atoms with E-state index in [9.17, 15) is 18.8 Å². The number of benzene rings is 2. The van der Waals surface area contributed by atoms with Gasteiger partial charge in [0.05, 0.1) is 19.4 Å². The van der Waals surface area contributed by atoms with E-state index in [0.717, 1.165) is 11.3 Å². The van der Waals surface area contributed by atoms with Gasteiger partial charge in [-0.2, -0.15) is 5.10 Å². The Balaban J connectivity index is 1.54. The van der Waals surface area contributed by atoms with Gasteiger partial charge in [0, 0.05) is 36.1 Å². The van der Waals surface area contributed by atoms with Gasteiger partial charge in [0.2, 0.25) is 0 Å². The second-order valence-electron chi connectivity index (χ2n) is 8.55. The van der Waals surface area contributed by atoms with Crippen molar-refractivity contribution < 1.29 is 28.2 Å². The zero-order valence-corrected chi connectivity index (χ0v) is 19.8. The second kappa shape index (κ2) is 9.08. The molecule has 1 aromatic heterocycles. The molecule has 2 aliphatic heterocycles. The van der Waals surface area contributed by atoms with Crippen molar-refractivity contribution in [1.29, 1.82) is 0 Å². The lowest BCUT2D eigenvalue weighted by atomic mass is 10.0. The number of halogens is 1. The first kappa shape index (κ1) is 23.5. The number of rotatable bonds is 5. The lowest BCUT2D eigenvalue weighted by molar-refractivity contribution is -0.125. The van der Waals surface area contributed by atoms with E-state index in [1.165, 1.54) is 23.9 Å². The van der Waals surface area contributed by atoms with E-state index in [1.54, 1.807) is 21.9 Å². The topological polar surface area (TPSA) is 120 Å². The molecule has 0 radical (unpaired) electrons. The highest BCUT2D eigenvalue weighted by molar-refractivity contribution is 6.09. The van der Waals surface area contributed by atoms with E-state index < -0.39 is 17.6 Å². The van der Waals surface area contributed by atoms with Crippen LogP contribution in [0, 0.1) is 12.7 Å². The van der Waals surface area contributed by atoms with Crippen LogP contribution in [0.3, 0.4) is 0 Å². The Morgan fingerprint density at radius 3 is 2.56 bits per heavy atom. The maximum atomic E-state index is 14.4. The molecule has 2 aliphatic rings. The van der Waals surface area contributed by atoms with Gasteiger partial charge < -0.3 is 25.0 Å². The molecule has 1 saturated heterocycles. The van der Waals surface area contributed by atoms with Crippen LogP contribution < -0.4 is 20.3 Å². The number of hydrogen-bond acceptors (Lipinski definition) is 6. The van der Waals surface area contributed by atoms with Gasteiger partial charge >= 0.3 is 0 Å². The molecule has 3 amide bonds. The lowest BCUT2D eigenvalue weighted by Gasteiger charge is -2.31. The summed E-state index contributed by atoms with van der Waals surface area (Å²) in [6, 6.07) is 9.57. The highest BCUT2D eigenvalue weighted by Gasteiger charge is 2.35. The number of nitrogens with zero attached hydrogens (tertiary/aromatic N) is 4. The maximum Gasteiger partial charge on any atom is 0.277 e. The molecule has 0 aliphatic carbocycles. The maximum absolute atomic E-state index is 14.4. The minimum atomic E-state index is -0.768. The summed E-state index contributed by atoms with van der Waals surface area (Å²) in [5.74, 6) is -1.89. The second-order valence-corrected chi connectivity index (χ2v) is 8.55. The predicted molar refractivity (Wildman–Crippen MR) is 128 cm³/mol. The Morgan fingerprint density at radius 1 is 1.11 bits per heavy atom. The van der Waals surface area contributed by atoms with Gasteiger partial charge in [0.1, 0.15) is 12.3 Å². The average molecular weight is 493 g/mol. The van der Waals surface area contributed by atoms with Gasteiger partial charge in [-0.3, -0.25) is 14.4 Å². The number of ether oxygens (including phenoxy) is 2. The molecule has 11 heteroatoms. The van der Waals surface area contributed by atoms with Crippen LogP contribution in [0.25, 0.3) is 5.69 Å². The largest absolute Gasteiger partial charge is 0.494 e. The predicted octanol–water partition coefficient (Wildman–Crippen LogP) is 1.99. The van der Waals surface area contributed by atoms with Crippen LogP contribution in [0.15, 0.2) is 36.4 Å². The minimum absolute atomic E-state index is 0.0217. The van der Waals surface area contributed by atoms with E-state index in [0.29, 0.717) is 37.4 Å². The third kappa shape index (κ3) is 3.87. The summed E-state index contributed by atoms with van der Waals surface area (Å²) in [4.78, 5) is 41.3. The van der Waals surface area contributed by atoms with Crippen LogP contribution in [-0.2, 0) is 16.0 Å². The molecule has 2 N–H and O–H groups in total. The Labute approximate surface area is 206 Å². The molecule has 5 rings (SSSR count). The molecule has 0 saturated carbocycles. The Morgan fingerprint density at radius 2 is 1.89 bits per heavy atom. The molecule has 10 nitrogen and oxygen atoms in total. The summed E-state index contributed by atoms with van der Waals surface area (Å²) in [6.45, 7) is 3.12. The van der Waals surface area contributed by atoms with Crippen molar-refractivity contribution in [2.45, 2.75) is 13.3 Å². The first-order chi connectivity index (χ1) is 17.3. The number of fused-ring (bicyclic) bond motifs is 1. The molecule has 0 spiro atoms. The molecule has 3 heterocycles. The first-order valence-corrected chi connectivity index (χ1v) is 11.4. The number of primary amides is 1. The lowest BCUT2D eigenvalue weighted by Crippen LogP contribution is -2.42. The molecule has 186 valence electrons. The van der Waals surface area contributed by atoms with Gasteiger partial charge in [-0.05, 0) is 49.2 Å². The summed E-state index contributed by atoms with van der Waals surface area (Å²) in [5.41, 5.74) is 8.55.